The lowest BCUT2D eigenvalue weighted by Gasteiger charge is -2.19. The molecule has 1 rings (SSSR count). The Balaban J connectivity index is 2.57. The Kier molecular flexibility index (Phi) is 5.86. The summed E-state index contributed by atoms with van der Waals surface area (Å²) >= 11 is 0. The highest BCUT2D eigenvalue weighted by Gasteiger charge is 2.12. The minimum absolute atomic E-state index is 0.586. The molecule has 0 saturated heterocycles. The highest BCUT2D eigenvalue weighted by molar-refractivity contribution is 5.22. The predicted octanol–water partition coefficient (Wildman–Crippen LogP) is 2.70. The summed E-state index contributed by atoms with van der Waals surface area (Å²) in [4.78, 5) is 0. The Bertz CT molecular complexity index is 251. The molecule has 0 radical (unpaired) electrons. The topological polar surface area (TPSA) is 38.0 Å². The second-order valence-corrected chi connectivity index (χ2v) is 3.93. The van der Waals surface area contributed by atoms with Crippen LogP contribution in [-0.2, 0) is 0 Å². The SMILES string of the molecule is CCCCC(CCN)C1=CC=CC=CN1. The van der Waals surface area contributed by atoms with Gasteiger partial charge in [-0.1, -0.05) is 31.9 Å². The summed E-state index contributed by atoms with van der Waals surface area (Å²) in [5.41, 5.74) is 6.96. The van der Waals surface area contributed by atoms with Crippen molar-refractivity contribution in [3.05, 3.63) is 36.2 Å². The van der Waals surface area contributed by atoms with Gasteiger partial charge < -0.3 is 11.1 Å². The van der Waals surface area contributed by atoms with Crippen molar-refractivity contribution < 1.29 is 0 Å². The molecule has 0 amide bonds. The van der Waals surface area contributed by atoms with E-state index in [-0.39, 0.29) is 0 Å². The van der Waals surface area contributed by atoms with Gasteiger partial charge in [0.1, 0.15) is 0 Å². The van der Waals surface area contributed by atoms with Crippen LogP contribution in [0.25, 0.3) is 0 Å². The first-order valence-electron chi connectivity index (χ1n) is 5.88. The first-order valence-corrected chi connectivity index (χ1v) is 5.88. The van der Waals surface area contributed by atoms with Crippen molar-refractivity contribution in [3.63, 3.8) is 0 Å². The fourth-order valence-corrected chi connectivity index (χ4v) is 1.83. The number of rotatable bonds is 6. The Morgan fingerprint density at radius 1 is 1.27 bits per heavy atom. The molecule has 3 N–H and O–H groups in total. The van der Waals surface area contributed by atoms with Crippen molar-refractivity contribution >= 4 is 0 Å². The van der Waals surface area contributed by atoms with Crippen LogP contribution in [0.15, 0.2) is 36.2 Å². The lowest BCUT2D eigenvalue weighted by molar-refractivity contribution is 0.484. The molecule has 0 aromatic rings. The van der Waals surface area contributed by atoms with Crippen molar-refractivity contribution in [2.45, 2.75) is 32.6 Å². The lowest BCUT2D eigenvalue weighted by atomic mass is 9.94. The van der Waals surface area contributed by atoms with Gasteiger partial charge in [-0.25, -0.2) is 0 Å². The van der Waals surface area contributed by atoms with Crippen molar-refractivity contribution in [2.24, 2.45) is 11.7 Å². The third kappa shape index (κ3) is 4.34. The molecule has 0 spiro atoms. The fraction of sp³-hybridized carbons (Fsp3) is 0.538. The van der Waals surface area contributed by atoms with Crippen LogP contribution >= 0.6 is 0 Å². The van der Waals surface area contributed by atoms with E-state index in [0.717, 1.165) is 13.0 Å². The van der Waals surface area contributed by atoms with Gasteiger partial charge in [0.25, 0.3) is 0 Å². The number of nitrogens with one attached hydrogen (secondary N) is 1. The first-order chi connectivity index (χ1) is 7.38. The number of unbranched alkanes of at least 4 members (excludes halogenated alkanes) is 1. The second kappa shape index (κ2) is 7.30. The summed E-state index contributed by atoms with van der Waals surface area (Å²) in [5.74, 6) is 0.586. The van der Waals surface area contributed by atoms with Crippen LogP contribution in [0.4, 0.5) is 0 Å². The van der Waals surface area contributed by atoms with Gasteiger partial charge in [0.2, 0.25) is 0 Å². The second-order valence-electron chi connectivity index (χ2n) is 3.93. The van der Waals surface area contributed by atoms with Gasteiger partial charge in [0.05, 0.1) is 0 Å². The quantitative estimate of drug-likeness (QED) is 0.701. The molecule has 0 aromatic heterocycles. The largest absolute Gasteiger partial charge is 0.365 e. The van der Waals surface area contributed by atoms with E-state index in [0.29, 0.717) is 5.92 Å². The summed E-state index contributed by atoms with van der Waals surface area (Å²) < 4.78 is 0. The normalized spacial score (nSPS) is 16.8. The molecule has 1 atom stereocenters. The van der Waals surface area contributed by atoms with E-state index in [1.165, 1.54) is 25.0 Å². The molecule has 1 heterocycles. The molecule has 0 aliphatic carbocycles. The third-order valence-electron chi connectivity index (χ3n) is 2.71. The molecular formula is C13H22N2. The molecule has 0 fully saturated rings. The molecule has 2 heteroatoms. The van der Waals surface area contributed by atoms with E-state index in [4.69, 9.17) is 5.73 Å². The van der Waals surface area contributed by atoms with Gasteiger partial charge in [0, 0.05) is 17.8 Å². The molecule has 84 valence electrons. The summed E-state index contributed by atoms with van der Waals surface area (Å²) in [6.45, 7) is 3.00. The molecular weight excluding hydrogens is 184 g/mol. The molecule has 1 aliphatic rings. The van der Waals surface area contributed by atoms with Crippen molar-refractivity contribution in [1.29, 1.82) is 0 Å². The van der Waals surface area contributed by atoms with E-state index in [1.54, 1.807) is 0 Å². The molecule has 0 saturated carbocycles. The third-order valence-corrected chi connectivity index (χ3v) is 2.71. The maximum Gasteiger partial charge on any atom is 0.0178 e. The van der Waals surface area contributed by atoms with Gasteiger partial charge in [0.15, 0.2) is 0 Å². The van der Waals surface area contributed by atoms with Crippen molar-refractivity contribution in [3.8, 4) is 0 Å². The van der Waals surface area contributed by atoms with Crippen LogP contribution < -0.4 is 11.1 Å². The van der Waals surface area contributed by atoms with Crippen LogP contribution in [0.2, 0.25) is 0 Å². The molecule has 15 heavy (non-hydrogen) atoms. The Labute approximate surface area is 92.9 Å². The standard InChI is InChI=1S/C13H22N2/c1-2-3-7-12(9-10-14)13-8-5-4-6-11-15-13/h4-6,8,11-12,15H,2-3,7,9-10,14H2,1H3. The minimum atomic E-state index is 0.586. The average molecular weight is 206 g/mol. The Morgan fingerprint density at radius 2 is 2.13 bits per heavy atom. The molecule has 1 aliphatic heterocycles. The maximum absolute atomic E-state index is 5.66. The zero-order chi connectivity index (χ0) is 10.9. The van der Waals surface area contributed by atoms with E-state index in [9.17, 15) is 0 Å². The van der Waals surface area contributed by atoms with E-state index < -0.39 is 0 Å². The van der Waals surface area contributed by atoms with Crippen LogP contribution in [-0.4, -0.2) is 6.54 Å². The summed E-state index contributed by atoms with van der Waals surface area (Å²) in [6, 6.07) is 0. The smallest absolute Gasteiger partial charge is 0.0178 e. The summed E-state index contributed by atoms with van der Waals surface area (Å²) in [6.07, 6.45) is 15.1. The minimum Gasteiger partial charge on any atom is -0.365 e. The monoisotopic (exact) mass is 206 g/mol. The van der Waals surface area contributed by atoms with Gasteiger partial charge in [-0.3, -0.25) is 0 Å². The van der Waals surface area contributed by atoms with Crippen molar-refractivity contribution in [2.75, 3.05) is 6.54 Å². The van der Waals surface area contributed by atoms with E-state index in [2.05, 4.69) is 24.4 Å². The zero-order valence-electron chi connectivity index (χ0n) is 9.58. The number of hydrogen-bond acceptors (Lipinski definition) is 2. The average Bonchev–Trinajstić information content (AvgIpc) is 2.52. The van der Waals surface area contributed by atoms with E-state index in [1.807, 2.05) is 18.4 Å². The zero-order valence-corrected chi connectivity index (χ0v) is 9.58. The first kappa shape index (κ1) is 12.1. The summed E-state index contributed by atoms with van der Waals surface area (Å²) in [7, 11) is 0. The number of hydrogen-bond donors (Lipinski definition) is 2. The highest BCUT2D eigenvalue weighted by Crippen LogP contribution is 2.20. The lowest BCUT2D eigenvalue weighted by Crippen LogP contribution is -2.18. The predicted molar refractivity (Wildman–Crippen MR) is 66.2 cm³/mol. The number of allylic oxidation sites excluding steroid dienone is 5. The fourth-order valence-electron chi connectivity index (χ4n) is 1.83. The Hall–Kier alpha value is -1.02. The van der Waals surface area contributed by atoms with Gasteiger partial charge in [-0.05, 0) is 31.5 Å². The van der Waals surface area contributed by atoms with Gasteiger partial charge in [-0.2, -0.15) is 0 Å². The highest BCUT2D eigenvalue weighted by atomic mass is 14.9. The molecule has 2 nitrogen and oxygen atoms in total. The molecule has 0 bridgehead atoms. The van der Waals surface area contributed by atoms with Crippen LogP contribution in [0.1, 0.15) is 32.6 Å². The molecule has 0 aromatic carbocycles. The van der Waals surface area contributed by atoms with Gasteiger partial charge >= 0.3 is 0 Å². The van der Waals surface area contributed by atoms with Crippen LogP contribution in [0.5, 0.6) is 0 Å². The summed E-state index contributed by atoms with van der Waals surface area (Å²) in [5, 5.41) is 3.34. The van der Waals surface area contributed by atoms with Crippen LogP contribution in [0.3, 0.4) is 0 Å². The molecule has 1 unspecified atom stereocenters. The van der Waals surface area contributed by atoms with Crippen molar-refractivity contribution in [1.82, 2.24) is 5.32 Å². The van der Waals surface area contributed by atoms with Gasteiger partial charge in [-0.15, -0.1) is 0 Å². The maximum atomic E-state index is 5.66. The van der Waals surface area contributed by atoms with Crippen LogP contribution in [0, 0.1) is 5.92 Å². The number of nitrogens with two attached hydrogens (primary N) is 1. The van der Waals surface area contributed by atoms with E-state index >= 15 is 0 Å². The Morgan fingerprint density at radius 3 is 2.87 bits per heavy atom.